The lowest BCUT2D eigenvalue weighted by Gasteiger charge is -2.53. The first-order valence-electron chi connectivity index (χ1n) is 10.6. The Morgan fingerprint density at radius 3 is 2.81 bits per heavy atom. The number of anilines is 1. The zero-order valence-electron chi connectivity index (χ0n) is 19.0. The third-order valence-electron chi connectivity index (χ3n) is 5.48. The average molecular weight is 589 g/mol. The molecular weight excluding hydrogens is 569 g/mol. The summed E-state index contributed by atoms with van der Waals surface area (Å²) in [5.41, 5.74) is 5.52. The molecule has 0 aliphatic carbocycles. The van der Waals surface area contributed by atoms with Gasteiger partial charge in [0, 0.05) is 29.6 Å². The van der Waals surface area contributed by atoms with E-state index in [1.807, 2.05) is 0 Å². The number of nitrogens with two attached hydrogens (primary N) is 1. The molecule has 0 bridgehead atoms. The summed E-state index contributed by atoms with van der Waals surface area (Å²) < 4.78 is 4.56. The van der Waals surface area contributed by atoms with E-state index in [0.717, 1.165) is 11.5 Å². The highest BCUT2D eigenvalue weighted by Gasteiger charge is 2.57. The fourth-order valence-corrected chi connectivity index (χ4v) is 7.25. The smallest absolute Gasteiger partial charge is 0.347 e. The lowest BCUT2D eigenvalue weighted by atomic mass is 9.89. The van der Waals surface area contributed by atoms with Crippen molar-refractivity contribution in [3.05, 3.63) is 11.3 Å². The third kappa shape index (κ3) is 5.63. The molecule has 2 aliphatic rings. The first kappa shape index (κ1) is 27.0. The van der Waals surface area contributed by atoms with E-state index in [2.05, 4.69) is 30.0 Å². The molecule has 0 aromatic carbocycles. The minimum atomic E-state index is -1.31. The Hall–Kier alpha value is -3.03. The topological polar surface area (TPSA) is 223 Å². The molecule has 2 saturated heterocycles. The van der Waals surface area contributed by atoms with E-state index >= 15 is 0 Å². The standard InChI is InChI=1S/C18H20N8O7S4/c1-2-7(14(29)30)33-24-8(10-22-16(19)37-25-10)11(27)21-9-12(28)26-3-18(15(31)32,4-34-13(9)26)5-35-17-23-20-6-36-17/h6-7,9,13H,2-5H2,1H3,(H,21,27)(H,29,30)(H,31,32)(H2,19,22,25)/t7?,9?,13-,18?/m1/s1. The van der Waals surface area contributed by atoms with Crippen molar-refractivity contribution < 1.29 is 34.2 Å². The number of nitrogen functional groups attached to an aromatic ring is 1. The maximum absolute atomic E-state index is 13.0. The van der Waals surface area contributed by atoms with Gasteiger partial charge in [0.25, 0.3) is 5.91 Å². The van der Waals surface area contributed by atoms with Crippen molar-refractivity contribution in [2.75, 3.05) is 23.8 Å². The van der Waals surface area contributed by atoms with Crippen LogP contribution in [-0.2, 0) is 24.0 Å². The number of oxime groups is 1. The summed E-state index contributed by atoms with van der Waals surface area (Å²) in [6.07, 6.45) is -1.23. The van der Waals surface area contributed by atoms with Crippen LogP contribution in [0.25, 0.3) is 0 Å². The number of nitrogens with zero attached hydrogens (tertiary/aromatic N) is 6. The van der Waals surface area contributed by atoms with E-state index in [0.29, 0.717) is 4.34 Å². The van der Waals surface area contributed by atoms with Gasteiger partial charge in [-0.1, -0.05) is 35.2 Å². The van der Waals surface area contributed by atoms with Crippen molar-refractivity contribution in [3.8, 4) is 0 Å². The summed E-state index contributed by atoms with van der Waals surface area (Å²) in [5.74, 6) is -3.40. The van der Waals surface area contributed by atoms with Crippen LogP contribution in [0.1, 0.15) is 19.2 Å². The number of carbonyl (C=O) groups excluding carboxylic acids is 2. The number of thioether (sulfide) groups is 2. The van der Waals surface area contributed by atoms with Crippen LogP contribution < -0.4 is 11.1 Å². The maximum atomic E-state index is 13.0. The Morgan fingerprint density at radius 2 is 2.22 bits per heavy atom. The monoisotopic (exact) mass is 588 g/mol. The van der Waals surface area contributed by atoms with Gasteiger partial charge in [-0.25, -0.2) is 4.79 Å². The molecule has 5 N–H and O–H groups in total. The first-order chi connectivity index (χ1) is 17.6. The van der Waals surface area contributed by atoms with E-state index < -0.39 is 52.4 Å². The van der Waals surface area contributed by atoms with Gasteiger partial charge in [0.15, 0.2) is 9.47 Å². The summed E-state index contributed by atoms with van der Waals surface area (Å²) in [6, 6.07) is -0.956. The number of β-lactam (4-membered cyclic amide) rings is 1. The number of carboxylic acid groups (broad SMARTS) is 2. The molecule has 0 saturated carbocycles. The Bertz CT molecular complexity index is 1220. The summed E-state index contributed by atoms with van der Waals surface area (Å²) in [4.78, 5) is 59.7. The predicted molar refractivity (Wildman–Crippen MR) is 134 cm³/mol. The number of aromatic nitrogens is 4. The highest BCUT2D eigenvalue weighted by atomic mass is 32.2. The van der Waals surface area contributed by atoms with Gasteiger partial charge >= 0.3 is 11.9 Å². The van der Waals surface area contributed by atoms with E-state index in [9.17, 15) is 29.4 Å². The van der Waals surface area contributed by atoms with E-state index in [4.69, 9.17) is 10.6 Å². The molecule has 37 heavy (non-hydrogen) atoms. The summed E-state index contributed by atoms with van der Waals surface area (Å²) in [5, 5.41) is 32.6. The fourth-order valence-electron chi connectivity index (χ4n) is 3.47. The van der Waals surface area contributed by atoms with Gasteiger partial charge in [-0.15, -0.1) is 22.0 Å². The predicted octanol–water partition coefficient (Wildman–Crippen LogP) is -0.181. The molecule has 15 nitrogen and oxygen atoms in total. The minimum Gasteiger partial charge on any atom is -0.481 e. The number of carboxylic acids is 2. The molecule has 19 heteroatoms. The summed E-state index contributed by atoms with van der Waals surface area (Å²) in [7, 11) is 0. The van der Waals surface area contributed by atoms with Crippen molar-refractivity contribution in [1.29, 1.82) is 0 Å². The highest BCUT2D eigenvalue weighted by Crippen LogP contribution is 2.44. The van der Waals surface area contributed by atoms with E-state index in [-0.39, 0.29) is 35.4 Å². The molecule has 4 rings (SSSR count). The Balaban J connectivity index is 1.45. The second-order valence-electron chi connectivity index (χ2n) is 7.93. The molecule has 2 aliphatic heterocycles. The quantitative estimate of drug-likeness (QED) is 0.116. The second-order valence-corrected chi connectivity index (χ2v) is 11.9. The maximum Gasteiger partial charge on any atom is 0.347 e. The minimum absolute atomic E-state index is 0.0258. The number of hydrogen-bond acceptors (Lipinski definition) is 15. The molecule has 2 fully saturated rings. The molecule has 3 unspecified atom stereocenters. The number of amides is 2. The van der Waals surface area contributed by atoms with Gasteiger partial charge in [0.2, 0.25) is 23.5 Å². The number of aliphatic carboxylic acids is 2. The van der Waals surface area contributed by atoms with Crippen LogP contribution in [0.4, 0.5) is 5.13 Å². The normalized spacial score (nSPS) is 24.1. The van der Waals surface area contributed by atoms with Gasteiger partial charge in [-0.3, -0.25) is 14.4 Å². The molecule has 0 spiro atoms. The largest absolute Gasteiger partial charge is 0.481 e. The lowest BCUT2D eigenvalue weighted by molar-refractivity contribution is -0.157. The average Bonchev–Trinajstić information content (AvgIpc) is 3.55. The van der Waals surface area contributed by atoms with Crippen LogP contribution >= 0.6 is 46.4 Å². The van der Waals surface area contributed by atoms with Crippen molar-refractivity contribution in [3.63, 3.8) is 0 Å². The fraction of sp³-hybridized carbons (Fsp3) is 0.500. The third-order valence-corrected chi connectivity index (χ3v) is 9.76. The van der Waals surface area contributed by atoms with Gasteiger partial charge in [0.05, 0.1) is 0 Å². The lowest BCUT2D eigenvalue weighted by Crippen LogP contribution is -2.74. The van der Waals surface area contributed by atoms with E-state index in [1.165, 1.54) is 39.8 Å². The number of hydrogen-bond donors (Lipinski definition) is 4. The molecule has 4 atom stereocenters. The van der Waals surface area contributed by atoms with Crippen molar-refractivity contribution >= 4 is 81.0 Å². The van der Waals surface area contributed by atoms with Gasteiger partial charge < -0.3 is 31.0 Å². The molecule has 2 aromatic heterocycles. The highest BCUT2D eigenvalue weighted by molar-refractivity contribution is 8.01. The molecule has 2 amide bonds. The van der Waals surface area contributed by atoms with Crippen LogP contribution in [0.15, 0.2) is 15.0 Å². The van der Waals surface area contributed by atoms with Crippen LogP contribution in [0, 0.1) is 5.41 Å². The zero-order chi connectivity index (χ0) is 26.7. The second kappa shape index (κ2) is 11.2. The first-order valence-corrected chi connectivity index (χ1v) is 14.3. The van der Waals surface area contributed by atoms with Crippen molar-refractivity contribution in [2.45, 2.75) is 35.2 Å². The van der Waals surface area contributed by atoms with Gasteiger partial charge in [-0.05, 0) is 6.42 Å². The summed E-state index contributed by atoms with van der Waals surface area (Å²) >= 11 is 4.60. The molecule has 198 valence electrons. The molecular formula is C18H20N8O7S4. The molecule has 4 heterocycles. The molecule has 0 radical (unpaired) electrons. The van der Waals surface area contributed by atoms with Gasteiger partial charge in [0.1, 0.15) is 22.3 Å². The van der Waals surface area contributed by atoms with Crippen LogP contribution in [0.5, 0.6) is 0 Å². The zero-order valence-corrected chi connectivity index (χ0v) is 22.2. The Kier molecular flexibility index (Phi) is 8.14. The molecule has 2 aromatic rings. The summed E-state index contributed by atoms with van der Waals surface area (Å²) in [6.45, 7) is 1.54. The van der Waals surface area contributed by atoms with E-state index in [1.54, 1.807) is 12.4 Å². The number of carbonyl (C=O) groups is 4. The Labute approximate surface area is 225 Å². The van der Waals surface area contributed by atoms with Crippen LogP contribution in [0.2, 0.25) is 0 Å². The van der Waals surface area contributed by atoms with Crippen molar-refractivity contribution in [2.24, 2.45) is 10.6 Å². The van der Waals surface area contributed by atoms with Crippen molar-refractivity contribution in [1.82, 2.24) is 29.8 Å². The Morgan fingerprint density at radius 1 is 1.43 bits per heavy atom. The van der Waals surface area contributed by atoms with Gasteiger partial charge in [-0.2, -0.15) is 9.36 Å². The van der Waals surface area contributed by atoms with Crippen LogP contribution in [0.3, 0.4) is 0 Å². The number of fused-ring (bicyclic) bond motifs is 1. The number of rotatable bonds is 11. The number of nitrogens with one attached hydrogen (secondary N) is 1. The SMILES string of the molecule is CCC(ON=C(C(=O)NC1C(=O)N2CC(CSc3nncs3)(C(=O)O)CS[C@H]12)c1nsc(N)n1)C(=O)O. The van der Waals surface area contributed by atoms with Crippen LogP contribution in [-0.4, -0.2) is 99.7 Å².